The molecule has 0 bridgehead atoms. The van der Waals surface area contributed by atoms with Crippen LogP contribution in [-0.4, -0.2) is 56.3 Å². The average Bonchev–Trinajstić information content (AvgIpc) is 3.32. The van der Waals surface area contributed by atoms with Gasteiger partial charge in [0.25, 0.3) is 0 Å². The number of halogens is 1. The van der Waals surface area contributed by atoms with Gasteiger partial charge in [-0.05, 0) is 30.5 Å². The molecule has 1 aliphatic carbocycles. The first-order valence-electron chi connectivity index (χ1n) is 8.34. The lowest BCUT2D eigenvalue weighted by Crippen LogP contribution is -2.37. The largest absolute Gasteiger partial charge is 0.379 e. The van der Waals surface area contributed by atoms with E-state index in [1.807, 2.05) is 18.2 Å². The molecule has 0 spiro atoms. The Bertz CT molecular complexity index is 545. The topological polar surface area (TPSA) is 62.9 Å². The molecule has 3 rings (SSSR count). The number of morpholine rings is 1. The van der Waals surface area contributed by atoms with E-state index in [1.165, 1.54) is 5.56 Å². The van der Waals surface area contributed by atoms with Gasteiger partial charge in [-0.1, -0.05) is 23.7 Å². The molecule has 5 nitrogen and oxygen atoms in total. The number of hydrogen-bond acceptors (Lipinski definition) is 3. The maximum atomic E-state index is 6.04. The van der Waals surface area contributed by atoms with E-state index in [2.05, 4.69) is 21.3 Å². The maximum absolute atomic E-state index is 6.04. The van der Waals surface area contributed by atoms with Gasteiger partial charge in [0.1, 0.15) is 0 Å². The number of benzene rings is 1. The zero-order chi connectivity index (χ0) is 16.1. The zero-order valence-corrected chi connectivity index (χ0v) is 14.1. The van der Waals surface area contributed by atoms with E-state index < -0.39 is 0 Å². The second-order valence-electron chi connectivity index (χ2n) is 6.22. The van der Waals surface area contributed by atoms with Crippen molar-refractivity contribution < 1.29 is 4.74 Å². The molecular formula is C17H25ClN4O. The van der Waals surface area contributed by atoms with Crippen LogP contribution in [0.2, 0.25) is 5.02 Å². The Morgan fingerprint density at radius 1 is 1.39 bits per heavy atom. The van der Waals surface area contributed by atoms with Gasteiger partial charge in [0.2, 0.25) is 0 Å². The quantitative estimate of drug-likeness (QED) is 0.472. The van der Waals surface area contributed by atoms with Gasteiger partial charge in [0, 0.05) is 43.2 Å². The molecule has 0 radical (unpaired) electrons. The molecule has 0 aromatic heterocycles. The number of aliphatic imine (C=N–C) groups is 1. The van der Waals surface area contributed by atoms with Crippen LogP contribution in [0.1, 0.15) is 24.3 Å². The van der Waals surface area contributed by atoms with E-state index >= 15 is 0 Å². The molecule has 2 aliphatic rings. The SMILES string of the molecule is NC(=NCCCN1CCOCC1)NC1CC1c1cccc(Cl)c1. The Morgan fingerprint density at radius 2 is 2.22 bits per heavy atom. The summed E-state index contributed by atoms with van der Waals surface area (Å²) in [7, 11) is 0. The molecular weight excluding hydrogens is 312 g/mol. The number of guanidine groups is 1. The summed E-state index contributed by atoms with van der Waals surface area (Å²) >= 11 is 6.04. The first-order valence-corrected chi connectivity index (χ1v) is 8.72. The molecule has 1 saturated carbocycles. The van der Waals surface area contributed by atoms with Gasteiger partial charge in [-0.3, -0.25) is 9.89 Å². The normalized spacial score (nSPS) is 25.3. The fraction of sp³-hybridized carbons (Fsp3) is 0.588. The van der Waals surface area contributed by atoms with Crippen LogP contribution >= 0.6 is 11.6 Å². The van der Waals surface area contributed by atoms with E-state index in [1.54, 1.807) is 0 Å². The molecule has 2 unspecified atom stereocenters. The Kier molecular flexibility index (Phi) is 5.75. The highest BCUT2D eigenvalue weighted by Crippen LogP contribution is 2.41. The van der Waals surface area contributed by atoms with Gasteiger partial charge in [0.05, 0.1) is 13.2 Å². The van der Waals surface area contributed by atoms with Crippen molar-refractivity contribution in [3.63, 3.8) is 0 Å². The third-order valence-electron chi connectivity index (χ3n) is 4.42. The van der Waals surface area contributed by atoms with E-state index in [4.69, 9.17) is 22.1 Å². The van der Waals surface area contributed by atoms with E-state index in [-0.39, 0.29) is 0 Å². The molecule has 6 heteroatoms. The van der Waals surface area contributed by atoms with Gasteiger partial charge >= 0.3 is 0 Å². The van der Waals surface area contributed by atoms with Crippen molar-refractivity contribution in [2.75, 3.05) is 39.4 Å². The van der Waals surface area contributed by atoms with Gasteiger partial charge in [-0.25, -0.2) is 0 Å². The van der Waals surface area contributed by atoms with Crippen LogP contribution in [-0.2, 0) is 4.74 Å². The highest BCUT2D eigenvalue weighted by Gasteiger charge is 2.38. The van der Waals surface area contributed by atoms with Crippen LogP contribution in [0.25, 0.3) is 0 Å². The summed E-state index contributed by atoms with van der Waals surface area (Å²) in [6.07, 6.45) is 2.12. The Hall–Kier alpha value is -1.30. The van der Waals surface area contributed by atoms with Crippen molar-refractivity contribution in [3.8, 4) is 0 Å². The molecule has 1 saturated heterocycles. The third-order valence-corrected chi connectivity index (χ3v) is 4.65. The van der Waals surface area contributed by atoms with Crippen molar-refractivity contribution in [1.82, 2.24) is 10.2 Å². The van der Waals surface area contributed by atoms with Crippen LogP contribution in [0.15, 0.2) is 29.3 Å². The monoisotopic (exact) mass is 336 g/mol. The summed E-state index contributed by atoms with van der Waals surface area (Å²) in [6, 6.07) is 8.43. The highest BCUT2D eigenvalue weighted by atomic mass is 35.5. The molecule has 1 aromatic carbocycles. The summed E-state index contributed by atoms with van der Waals surface area (Å²) in [4.78, 5) is 6.85. The standard InChI is InChI=1S/C17H25ClN4O/c18-14-4-1-3-13(11-14)15-12-16(15)21-17(19)20-5-2-6-22-7-9-23-10-8-22/h1,3-4,11,15-16H,2,5-10,12H2,(H3,19,20,21). The fourth-order valence-electron chi connectivity index (χ4n) is 3.01. The number of ether oxygens (including phenoxy) is 1. The highest BCUT2D eigenvalue weighted by molar-refractivity contribution is 6.30. The molecule has 1 aliphatic heterocycles. The summed E-state index contributed by atoms with van der Waals surface area (Å²) < 4.78 is 5.34. The second kappa shape index (κ2) is 7.99. The Labute approximate surface area is 142 Å². The minimum atomic E-state index is 0.386. The van der Waals surface area contributed by atoms with Gasteiger partial charge in [0.15, 0.2) is 5.96 Å². The van der Waals surface area contributed by atoms with Crippen molar-refractivity contribution in [1.29, 1.82) is 0 Å². The maximum Gasteiger partial charge on any atom is 0.188 e. The van der Waals surface area contributed by atoms with Crippen LogP contribution in [0.5, 0.6) is 0 Å². The molecule has 23 heavy (non-hydrogen) atoms. The predicted molar refractivity (Wildman–Crippen MR) is 94.1 cm³/mol. The number of nitrogens with one attached hydrogen (secondary N) is 1. The van der Waals surface area contributed by atoms with Crippen molar-refractivity contribution in [2.24, 2.45) is 10.7 Å². The number of rotatable bonds is 6. The minimum absolute atomic E-state index is 0.386. The third kappa shape index (κ3) is 5.09. The minimum Gasteiger partial charge on any atom is -0.379 e. The van der Waals surface area contributed by atoms with Crippen molar-refractivity contribution in [2.45, 2.75) is 24.8 Å². The van der Waals surface area contributed by atoms with Crippen LogP contribution in [0.3, 0.4) is 0 Å². The fourth-order valence-corrected chi connectivity index (χ4v) is 3.21. The lowest BCUT2D eigenvalue weighted by atomic mass is 10.1. The molecule has 1 aromatic rings. The lowest BCUT2D eigenvalue weighted by Gasteiger charge is -2.26. The summed E-state index contributed by atoms with van der Waals surface area (Å²) in [6.45, 7) is 5.58. The number of hydrogen-bond donors (Lipinski definition) is 2. The van der Waals surface area contributed by atoms with E-state index in [0.29, 0.717) is 17.9 Å². The van der Waals surface area contributed by atoms with Gasteiger partial charge < -0.3 is 15.8 Å². The van der Waals surface area contributed by atoms with Gasteiger partial charge in [-0.2, -0.15) is 0 Å². The zero-order valence-electron chi connectivity index (χ0n) is 13.4. The summed E-state index contributed by atoms with van der Waals surface area (Å²) in [5, 5.41) is 4.10. The van der Waals surface area contributed by atoms with Gasteiger partial charge in [-0.15, -0.1) is 0 Å². The Morgan fingerprint density at radius 3 is 3.00 bits per heavy atom. The summed E-state index contributed by atoms with van der Waals surface area (Å²) in [5.74, 6) is 1.05. The van der Waals surface area contributed by atoms with Crippen molar-refractivity contribution in [3.05, 3.63) is 34.9 Å². The van der Waals surface area contributed by atoms with Crippen LogP contribution in [0, 0.1) is 0 Å². The first kappa shape index (κ1) is 16.6. The smallest absolute Gasteiger partial charge is 0.188 e. The predicted octanol–water partition coefficient (Wildman–Crippen LogP) is 1.82. The van der Waals surface area contributed by atoms with E-state index in [9.17, 15) is 0 Å². The molecule has 1 heterocycles. The first-order chi connectivity index (χ1) is 11.2. The second-order valence-corrected chi connectivity index (χ2v) is 6.66. The molecule has 3 N–H and O–H groups in total. The molecule has 0 amide bonds. The Balaban J connectivity index is 1.35. The molecule has 2 fully saturated rings. The molecule has 2 atom stereocenters. The van der Waals surface area contributed by atoms with Crippen molar-refractivity contribution >= 4 is 17.6 Å². The van der Waals surface area contributed by atoms with Crippen LogP contribution in [0.4, 0.5) is 0 Å². The molecule has 126 valence electrons. The summed E-state index contributed by atoms with van der Waals surface area (Å²) in [5.41, 5.74) is 7.26. The average molecular weight is 337 g/mol. The van der Waals surface area contributed by atoms with E-state index in [0.717, 1.165) is 57.3 Å². The number of nitrogens with zero attached hydrogens (tertiary/aromatic N) is 2. The lowest BCUT2D eigenvalue weighted by molar-refractivity contribution is 0.0377. The van der Waals surface area contributed by atoms with Crippen LogP contribution < -0.4 is 11.1 Å². The number of nitrogens with two attached hydrogens (primary N) is 1.